The Morgan fingerprint density at radius 3 is 2.57 bits per heavy atom. The van der Waals surface area contributed by atoms with Crippen molar-refractivity contribution in [3.05, 3.63) is 88.3 Å². The summed E-state index contributed by atoms with van der Waals surface area (Å²) in [5.41, 5.74) is 0.239. The second-order valence-electron chi connectivity index (χ2n) is 5.55. The Morgan fingerprint density at radius 1 is 1.00 bits per heavy atom. The van der Waals surface area contributed by atoms with Gasteiger partial charge in [-0.05, 0) is 54.6 Å². The van der Waals surface area contributed by atoms with E-state index in [-0.39, 0.29) is 28.7 Å². The molecule has 0 aliphatic carbocycles. The molecule has 1 aromatic heterocycles. The van der Waals surface area contributed by atoms with E-state index in [9.17, 15) is 9.59 Å². The molecule has 0 aliphatic rings. The summed E-state index contributed by atoms with van der Waals surface area (Å²) >= 11 is 11.8. The van der Waals surface area contributed by atoms with E-state index >= 15 is 0 Å². The Labute approximate surface area is 171 Å². The Bertz CT molecular complexity index is 1010. The molecule has 0 unspecified atom stereocenters. The van der Waals surface area contributed by atoms with E-state index < -0.39 is 5.97 Å². The normalized spacial score (nSPS) is 10.8. The number of hydrogen-bond donors (Lipinski definition) is 0. The van der Waals surface area contributed by atoms with Gasteiger partial charge in [-0.1, -0.05) is 35.3 Å². The molecule has 0 aliphatic heterocycles. The quantitative estimate of drug-likeness (QED) is 0.221. The molecule has 2 aromatic carbocycles. The van der Waals surface area contributed by atoms with Crippen molar-refractivity contribution in [2.75, 3.05) is 6.61 Å². The maximum absolute atomic E-state index is 12.4. The third-order valence-corrected chi connectivity index (χ3v) is 4.09. The summed E-state index contributed by atoms with van der Waals surface area (Å²) < 4.78 is 15.8. The highest BCUT2D eigenvalue weighted by Gasteiger charge is 2.14. The molecule has 0 radical (unpaired) electrons. The Morgan fingerprint density at radius 2 is 1.82 bits per heavy atom. The highest BCUT2D eigenvalue weighted by atomic mass is 35.5. The van der Waals surface area contributed by atoms with Gasteiger partial charge in [-0.15, -0.1) is 0 Å². The van der Waals surface area contributed by atoms with Crippen molar-refractivity contribution >= 4 is 41.0 Å². The molecule has 0 N–H and O–H groups in total. The summed E-state index contributed by atoms with van der Waals surface area (Å²) in [7, 11) is 0. The summed E-state index contributed by atoms with van der Waals surface area (Å²) in [6.07, 6.45) is 4.38. The molecule has 0 amide bonds. The number of para-hydroxylation sites is 1. The van der Waals surface area contributed by atoms with Gasteiger partial charge < -0.3 is 13.9 Å². The van der Waals surface area contributed by atoms with Crippen molar-refractivity contribution in [1.82, 2.24) is 0 Å². The number of halogens is 2. The van der Waals surface area contributed by atoms with Gasteiger partial charge in [0.1, 0.15) is 17.3 Å². The van der Waals surface area contributed by atoms with Gasteiger partial charge in [-0.3, -0.25) is 4.79 Å². The zero-order valence-electron chi connectivity index (χ0n) is 14.4. The predicted molar refractivity (Wildman–Crippen MR) is 106 cm³/mol. The first kappa shape index (κ1) is 19.7. The molecule has 0 bridgehead atoms. The Balaban J connectivity index is 1.65. The van der Waals surface area contributed by atoms with Crippen molar-refractivity contribution in [2.24, 2.45) is 0 Å². The molecule has 28 heavy (non-hydrogen) atoms. The second-order valence-corrected chi connectivity index (χ2v) is 6.39. The van der Waals surface area contributed by atoms with E-state index in [4.69, 9.17) is 37.1 Å². The third kappa shape index (κ3) is 5.25. The van der Waals surface area contributed by atoms with Gasteiger partial charge in [-0.25, -0.2) is 4.79 Å². The molecule has 0 fully saturated rings. The van der Waals surface area contributed by atoms with Crippen LogP contribution in [0.2, 0.25) is 10.0 Å². The number of benzene rings is 2. The summed E-state index contributed by atoms with van der Waals surface area (Å²) in [4.78, 5) is 24.5. The molecule has 3 rings (SSSR count). The number of carbonyl (C=O) groups excluding carboxylic acids is 2. The van der Waals surface area contributed by atoms with E-state index in [2.05, 4.69) is 0 Å². The van der Waals surface area contributed by atoms with E-state index in [1.807, 2.05) is 0 Å². The van der Waals surface area contributed by atoms with Crippen LogP contribution in [-0.2, 0) is 4.79 Å². The van der Waals surface area contributed by atoms with Crippen molar-refractivity contribution in [3.8, 4) is 11.5 Å². The van der Waals surface area contributed by atoms with Crippen molar-refractivity contribution in [1.29, 1.82) is 0 Å². The molecule has 0 spiro atoms. The molecular weight excluding hydrogens is 403 g/mol. The number of ketones is 1. The summed E-state index contributed by atoms with van der Waals surface area (Å²) in [6, 6.07) is 14.5. The number of carbonyl (C=O) groups is 2. The monoisotopic (exact) mass is 416 g/mol. The van der Waals surface area contributed by atoms with Gasteiger partial charge in [-0.2, -0.15) is 0 Å². The van der Waals surface area contributed by atoms with Crippen molar-refractivity contribution in [3.63, 3.8) is 0 Å². The summed E-state index contributed by atoms with van der Waals surface area (Å²) in [5.74, 6) is -0.0417. The van der Waals surface area contributed by atoms with Crippen LogP contribution in [-0.4, -0.2) is 18.4 Å². The first-order chi connectivity index (χ1) is 13.5. The lowest BCUT2D eigenvalue weighted by Gasteiger charge is -2.10. The highest BCUT2D eigenvalue weighted by Crippen LogP contribution is 2.27. The zero-order valence-corrected chi connectivity index (χ0v) is 15.9. The maximum atomic E-state index is 12.4. The third-order valence-electron chi connectivity index (χ3n) is 3.56. The van der Waals surface area contributed by atoms with Crippen LogP contribution in [0.25, 0.3) is 6.08 Å². The minimum Gasteiger partial charge on any atom is -0.480 e. The largest absolute Gasteiger partial charge is 0.480 e. The lowest BCUT2D eigenvalue weighted by molar-refractivity contribution is -0.136. The van der Waals surface area contributed by atoms with Crippen LogP contribution in [0, 0.1) is 0 Å². The minimum atomic E-state index is -0.679. The van der Waals surface area contributed by atoms with Gasteiger partial charge >= 0.3 is 5.97 Å². The first-order valence-electron chi connectivity index (χ1n) is 8.16. The highest BCUT2D eigenvalue weighted by molar-refractivity contribution is 6.35. The fraction of sp³-hybridized carbons (Fsp3) is 0.0476. The van der Waals surface area contributed by atoms with Crippen LogP contribution < -0.4 is 9.47 Å². The van der Waals surface area contributed by atoms with E-state index in [1.54, 1.807) is 42.5 Å². The van der Waals surface area contributed by atoms with Crippen LogP contribution in [0.3, 0.4) is 0 Å². The average Bonchev–Trinajstić information content (AvgIpc) is 3.19. The summed E-state index contributed by atoms with van der Waals surface area (Å²) in [6.45, 7) is -0.383. The Hall–Kier alpha value is -3.02. The van der Waals surface area contributed by atoms with Crippen molar-refractivity contribution < 1.29 is 23.5 Å². The summed E-state index contributed by atoms with van der Waals surface area (Å²) in [5, 5.41) is 0.730. The standard InChI is InChI=1S/C21H14Cl2O5/c22-14-7-10-20(17(23)12-14)27-13-21(25)28-19-6-2-1-5-16(19)18(24)9-8-15-4-3-11-26-15/h1-12H,13H2/b9-8+. The van der Waals surface area contributed by atoms with E-state index in [0.29, 0.717) is 16.5 Å². The number of furan rings is 1. The lowest BCUT2D eigenvalue weighted by atomic mass is 10.1. The molecule has 0 saturated carbocycles. The molecule has 5 nitrogen and oxygen atoms in total. The van der Waals surface area contributed by atoms with Gasteiger partial charge in [0.05, 0.1) is 16.8 Å². The molecule has 0 saturated heterocycles. The second kappa shape index (κ2) is 9.26. The number of allylic oxidation sites excluding steroid dienone is 1. The molecule has 142 valence electrons. The van der Waals surface area contributed by atoms with Gasteiger partial charge in [0.25, 0.3) is 0 Å². The lowest BCUT2D eigenvalue weighted by Crippen LogP contribution is -2.19. The molecule has 7 heteroatoms. The van der Waals surface area contributed by atoms with Crippen LogP contribution in [0.4, 0.5) is 0 Å². The number of hydrogen-bond acceptors (Lipinski definition) is 5. The Kier molecular flexibility index (Phi) is 6.53. The topological polar surface area (TPSA) is 65.7 Å². The zero-order chi connectivity index (χ0) is 19.9. The molecule has 1 heterocycles. The number of ether oxygens (including phenoxy) is 2. The van der Waals surface area contributed by atoms with Gasteiger partial charge in [0.2, 0.25) is 0 Å². The molecule has 3 aromatic rings. The first-order valence-corrected chi connectivity index (χ1v) is 8.92. The maximum Gasteiger partial charge on any atom is 0.349 e. The molecule has 0 atom stereocenters. The number of rotatable bonds is 7. The van der Waals surface area contributed by atoms with E-state index in [0.717, 1.165) is 0 Å². The van der Waals surface area contributed by atoms with E-state index in [1.165, 1.54) is 30.5 Å². The van der Waals surface area contributed by atoms with Crippen molar-refractivity contribution in [2.45, 2.75) is 0 Å². The van der Waals surface area contributed by atoms with Gasteiger partial charge in [0.15, 0.2) is 12.4 Å². The van der Waals surface area contributed by atoms with Crippen LogP contribution in [0.1, 0.15) is 16.1 Å². The SMILES string of the molecule is O=C(COc1ccc(Cl)cc1Cl)Oc1ccccc1C(=O)/C=C/c1ccco1. The van der Waals surface area contributed by atoms with Crippen LogP contribution in [0.15, 0.2) is 71.4 Å². The average molecular weight is 417 g/mol. The molecular formula is C21H14Cl2O5. The smallest absolute Gasteiger partial charge is 0.349 e. The van der Waals surface area contributed by atoms with Gasteiger partial charge in [0, 0.05) is 5.02 Å². The predicted octanol–water partition coefficient (Wildman–Crippen LogP) is 5.47. The minimum absolute atomic E-state index is 0.132. The fourth-order valence-electron chi connectivity index (χ4n) is 2.27. The fourth-order valence-corrected chi connectivity index (χ4v) is 2.74. The number of esters is 1. The van der Waals surface area contributed by atoms with Crippen LogP contribution in [0.5, 0.6) is 11.5 Å². The van der Waals surface area contributed by atoms with Crippen LogP contribution >= 0.6 is 23.2 Å².